The Morgan fingerprint density at radius 2 is 1.94 bits per heavy atom. The standard InChI is InChI=1S/C12H24N2O3S/c1-12(2)9-11(5-7-17-12)14-18(15,16)8-6-13-10-3-4-10/h10-11,13-14H,3-9H2,1-2H3. The molecule has 0 aromatic rings. The minimum Gasteiger partial charge on any atom is -0.375 e. The summed E-state index contributed by atoms with van der Waals surface area (Å²) in [7, 11) is -3.17. The number of hydrogen-bond acceptors (Lipinski definition) is 4. The van der Waals surface area contributed by atoms with E-state index in [0.29, 0.717) is 19.2 Å². The molecule has 1 aliphatic carbocycles. The van der Waals surface area contributed by atoms with Gasteiger partial charge >= 0.3 is 0 Å². The van der Waals surface area contributed by atoms with Crippen LogP contribution in [0.4, 0.5) is 0 Å². The van der Waals surface area contributed by atoms with Gasteiger partial charge in [0, 0.05) is 25.2 Å². The monoisotopic (exact) mass is 276 g/mol. The van der Waals surface area contributed by atoms with Crippen molar-refractivity contribution in [2.24, 2.45) is 0 Å². The summed E-state index contributed by atoms with van der Waals surface area (Å²) in [5, 5.41) is 3.22. The van der Waals surface area contributed by atoms with E-state index in [2.05, 4.69) is 10.0 Å². The highest BCUT2D eigenvalue weighted by Crippen LogP contribution is 2.24. The van der Waals surface area contributed by atoms with E-state index in [1.54, 1.807) is 0 Å². The van der Waals surface area contributed by atoms with Crippen molar-refractivity contribution in [2.75, 3.05) is 18.9 Å². The van der Waals surface area contributed by atoms with Crippen LogP contribution in [0.5, 0.6) is 0 Å². The molecule has 1 saturated heterocycles. The Hall–Kier alpha value is -0.170. The SMILES string of the molecule is CC1(C)CC(NS(=O)(=O)CCNC2CC2)CCO1. The molecule has 2 N–H and O–H groups in total. The number of hydrogen-bond donors (Lipinski definition) is 2. The molecule has 1 aliphatic heterocycles. The van der Waals surface area contributed by atoms with Crippen LogP contribution in [0.3, 0.4) is 0 Å². The number of ether oxygens (including phenoxy) is 1. The number of sulfonamides is 1. The fraction of sp³-hybridized carbons (Fsp3) is 1.00. The van der Waals surface area contributed by atoms with E-state index >= 15 is 0 Å². The van der Waals surface area contributed by atoms with Crippen LogP contribution in [0.25, 0.3) is 0 Å². The predicted octanol–water partition coefficient (Wildman–Crippen LogP) is 0.615. The fourth-order valence-corrected chi connectivity index (χ4v) is 3.54. The van der Waals surface area contributed by atoms with E-state index in [9.17, 15) is 8.42 Å². The van der Waals surface area contributed by atoms with E-state index in [-0.39, 0.29) is 17.4 Å². The average Bonchev–Trinajstić information content (AvgIpc) is 2.98. The van der Waals surface area contributed by atoms with E-state index in [1.807, 2.05) is 13.8 Å². The van der Waals surface area contributed by atoms with Crippen LogP contribution in [0.1, 0.15) is 39.5 Å². The highest BCUT2D eigenvalue weighted by molar-refractivity contribution is 7.89. The molecule has 1 atom stereocenters. The van der Waals surface area contributed by atoms with Crippen LogP contribution in [-0.2, 0) is 14.8 Å². The molecule has 6 heteroatoms. The van der Waals surface area contributed by atoms with E-state index in [1.165, 1.54) is 12.8 Å². The van der Waals surface area contributed by atoms with Gasteiger partial charge < -0.3 is 10.1 Å². The van der Waals surface area contributed by atoms with E-state index < -0.39 is 10.0 Å². The molecule has 2 fully saturated rings. The number of rotatable bonds is 6. The maximum Gasteiger partial charge on any atom is 0.213 e. The Balaban J connectivity index is 1.75. The molecular weight excluding hydrogens is 252 g/mol. The zero-order valence-corrected chi connectivity index (χ0v) is 12.1. The van der Waals surface area contributed by atoms with Crippen molar-refractivity contribution in [3.05, 3.63) is 0 Å². The van der Waals surface area contributed by atoms with Gasteiger partial charge in [-0.1, -0.05) is 0 Å². The van der Waals surface area contributed by atoms with Crippen LogP contribution in [0.15, 0.2) is 0 Å². The molecule has 0 radical (unpaired) electrons. The van der Waals surface area contributed by atoms with Crippen molar-refractivity contribution in [3.8, 4) is 0 Å². The van der Waals surface area contributed by atoms with Crippen LogP contribution < -0.4 is 10.0 Å². The van der Waals surface area contributed by atoms with Gasteiger partial charge in [-0.3, -0.25) is 0 Å². The zero-order chi connectivity index (χ0) is 13.2. The summed E-state index contributed by atoms with van der Waals surface area (Å²) >= 11 is 0. The van der Waals surface area contributed by atoms with Crippen molar-refractivity contribution in [1.29, 1.82) is 0 Å². The Morgan fingerprint density at radius 3 is 2.56 bits per heavy atom. The minimum absolute atomic E-state index is 0.0136. The molecule has 0 spiro atoms. The van der Waals surface area contributed by atoms with Crippen molar-refractivity contribution in [3.63, 3.8) is 0 Å². The van der Waals surface area contributed by atoms with E-state index in [0.717, 1.165) is 12.8 Å². The summed E-state index contributed by atoms with van der Waals surface area (Å²) in [5.74, 6) is 0.168. The number of nitrogens with one attached hydrogen (secondary N) is 2. The second-order valence-corrected chi connectivity index (χ2v) is 7.84. The molecule has 5 nitrogen and oxygen atoms in total. The molecule has 1 heterocycles. The van der Waals surface area contributed by atoms with Crippen LogP contribution >= 0.6 is 0 Å². The third kappa shape index (κ3) is 4.84. The molecule has 1 unspecified atom stereocenters. The Kier molecular flexibility index (Phi) is 4.31. The Bertz CT molecular complexity index is 377. The molecule has 0 bridgehead atoms. The van der Waals surface area contributed by atoms with Crippen LogP contribution in [0.2, 0.25) is 0 Å². The lowest BCUT2D eigenvalue weighted by Gasteiger charge is -2.35. The molecule has 2 rings (SSSR count). The lowest BCUT2D eigenvalue weighted by Crippen LogP contribution is -2.47. The van der Waals surface area contributed by atoms with Crippen LogP contribution in [-0.4, -0.2) is 45.0 Å². The summed E-state index contributed by atoms with van der Waals surface area (Å²) in [6, 6.07) is 0.571. The third-order valence-electron chi connectivity index (χ3n) is 3.42. The van der Waals surface area contributed by atoms with Gasteiger partial charge in [-0.2, -0.15) is 0 Å². The Morgan fingerprint density at radius 1 is 1.22 bits per heavy atom. The smallest absolute Gasteiger partial charge is 0.213 e. The molecule has 0 amide bonds. The normalized spacial score (nSPS) is 28.2. The lowest BCUT2D eigenvalue weighted by molar-refractivity contribution is -0.0599. The summed E-state index contributed by atoms with van der Waals surface area (Å²) in [6.07, 6.45) is 3.87. The van der Waals surface area contributed by atoms with Gasteiger partial charge in [0.25, 0.3) is 0 Å². The molecule has 0 aromatic carbocycles. The molecule has 18 heavy (non-hydrogen) atoms. The first-order valence-electron chi connectivity index (χ1n) is 6.74. The first kappa shape index (κ1) is 14.2. The second kappa shape index (κ2) is 5.45. The van der Waals surface area contributed by atoms with Crippen molar-refractivity contribution in [1.82, 2.24) is 10.0 Å². The summed E-state index contributed by atoms with van der Waals surface area (Å²) < 4.78 is 32.2. The van der Waals surface area contributed by atoms with Gasteiger partial charge in [0.05, 0.1) is 11.4 Å². The molecule has 0 aromatic heterocycles. The van der Waals surface area contributed by atoms with Crippen molar-refractivity contribution in [2.45, 2.75) is 57.2 Å². The average molecular weight is 276 g/mol. The summed E-state index contributed by atoms with van der Waals surface area (Å²) in [4.78, 5) is 0. The first-order chi connectivity index (χ1) is 8.36. The molecule has 2 aliphatic rings. The Labute approximate surface area is 110 Å². The second-order valence-electron chi connectivity index (χ2n) is 5.96. The predicted molar refractivity (Wildman–Crippen MR) is 71.0 cm³/mol. The van der Waals surface area contributed by atoms with Gasteiger partial charge in [0.15, 0.2) is 0 Å². The zero-order valence-electron chi connectivity index (χ0n) is 11.2. The molecule has 1 saturated carbocycles. The highest BCUT2D eigenvalue weighted by Gasteiger charge is 2.31. The van der Waals surface area contributed by atoms with Crippen molar-refractivity contribution >= 4 is 10.0 Å². The molecular formula is C12H24N2O3S. The van der Waals surface area contributed by atoms with Gasteiger partial charge in [0.1, 0.15) is 0 Å². The first-order valence-corrected chi connectivity index (χ1v) is 8.39. The largest absolute Gasteiger partial charge is 0.375 e. The summed E-state index contributed by atoms with van der Waals surface area (Å²) in [6.45, 7) is 5.18. The van der Waals surface area contributed by atoms with Gasteiger partial charge in [-0.25, -0.2) is 13.1 Å². The van der Waals surface area contributed by atoms with Gasteiger partial charge in [-0.15, -0.1) is 0 Å². The van der Waals surface area contributed by atoms with Gasteiger partial charge in [0.2, 0.25) is 10.0 Å². The van der Waals surface area contributed by atoms with E-state index in [4.69, 9.17) is 4.74 Å². The third-order valence-corrected chi connectivity index (χ3v) is 4.86. The summed E-state index contributed by atoms with van der Waals surface area (Å²) in [5.41, 5.74) is -0.225. The minimum atomic E-state index is -3.17. The lowest BCUT2D eigenvalue weighted by atomic mass is 9.95. The maximum absolute atomic E-state index is 11.9. The fourth-order valence-electron chi connectivity index (χ4n) is 2.33. The highest BCUT2D eigenvalue weighted by atomic mass is 32.2. The molecule has 106 valence electrons. The van der Waals surface area contributed by atoms with Gasteiger partial charge in [-0.05, 0) is 39.5 Å². The topological polar surface area (TPSA) is 67.4 Å². The van der Waals surface area contributed by atoms with Crippen molar-refractivity contribution < 1.29 is 13.2 Å². The maximum atomic E-state index is 11.9. The van der Waals surface area contributed by atoms with Crippen LogP contribution in [0, 0.1) is 0 Å². The quantitative estimate of drug-likeness (QED) is 0.746.